The van der Waals surface area contributed by atoms with Crippen LogP contribution in [-0.4, -0.2) is 20.1 Å². The topological polar surface area (TPSA) is 32.5 Å². The van der Waals surface area contributed by atoms with Gasteiger partial charge in [-0.1, -0.05) is 18.2 Å². The number of fused-ring (bicyclic) bond motifs is 1. The van der Waals surface area contributed by atoms with Gasteiger partial charge in [0.25, 0.3) is 0 Å². The third kappa shape index (κ3) is 2.48. The van der Waals surface area contributed by atoms with Crippen molar-refractivity contribution in [3.63, 3.8) is 0 Å². The Morgan fingerprint density at radius 1 is 1.10 bits per heavy atom. The number of likely N-dealkylation sites (N-methyl/N-ethyl adjacent to an activating group) is 1. The summed E-state index contributed by atoms with van der Waals surface area (Å²) in [6, 6.07) is 14.7. The number of nitrogen functional groups attached to an aromatic ring is 1. The molecule has 0 unspecified atom stereocenters. The van der Waals surface area contributed by atoms with E-state index in [1.165, 1.54) is 16.9 Å². The molecule has 20 heavy (non-hydrogen) atoms. The van der Waals surface area contributed by atoms with E-state index in [0.717, 1.165) is 29.8 Å². The molecule has 3 nitrogen and oxygen atoms in total. The highest BCUT2D eigenvalue weighted by Crippen LogP contribution is 2.33. The minimum Gasteiger partial charge on any atom is -0.398 e. The Labute approximate surface area is 128 Å². The van der Waals surface area contributed by atoms with Crippen molar-refractivity contribution in [1.82, 2.24) is 0 Å². The highest BCUT2D eigenvalue weighted by atomic mass is 79.9. The maximum absolute atomic E-state index is 5.85. The van der Waals surface area contributed by atoms with Gasteiger partial charge >= 0.3 is 0 Å². The number of halogens is 1. The molecule has 0 aliphatic carbocycles. The second-order valence-corrected chi connectivity index (χ2v) is 6.04. The molecule has 4 heteroatoms. The van der Waals surface area contributed by atoms with Crippen molar-refractivity contribution < 1.29 is 0 Å². The van der Waals surface area contributed by atoms with E-state index in [0.29, 0.717) is 0 Å². The van der Waals surface area contributed by atoms with E-state index in [2.05, 4.69) is 69.2 Å². The third-order valence-electron chi connectivity index (χ3n) is 3.78. The molecule has 2 aromatic rings. The molecule has 0 radical (unpaired) electrons. The maximum Gasteiger partial charge on any atom is 0.0607 e. The smallest absolute Gasteiger partial charge is 0.0607 e. The second-order valence-electron chi connectivity index (χ2n) is 5.19. The summed E-state index contributed by atoms with van der Waals surface area (Å²) in [5, 5.41) is 0. The van der Waals surface area contributed by atoms with Crippen molar-refractivity contribution in [2.75, 3.05) is 35.7 Å². The van der Waals surface area contributed by atoms with Crippen molar-refractivity contribution in [2.24, 2.45) is 0 Å². The molecule has 1 aliphatic heterocycles. The van der Waals surface area contributed by atoms with Crippen molar-refractivity contribution in [2.45, 2.75) is 6.54 Å². The van der Waals surface area contributed by atoms with Crippen LogP contribution in [0.1, 0.15) is 5.56 Å². The molecule has 0 saturated carbocycles. The molecule has 0 spiro atoms. The number of hydrogen-bond donors (Lipinski definition) is 1. The number of nitrogens with two attached hydrogens (primary N) is 1. The number of para-hydroxylation sites is 2. The molecule has 1 heterocycles. The van der Waals surface area contributed by atoms with Gasteiger partial charge in [0, 0.05) is 36.8 Å². The Bertz CT molecular complexity index is 627. The van der Waals surface area contributed by atoms with E-state index >= 15 is 0 Å². The van der Waals surface area contributed by atoms with Gasteiger partial charge in [-0.05, 0) is 45.8 Å². The SMILES string of the molecule is CN1CCN(Cc2ccc(N)c(Br)c2)c2ccccc21. The molecule has 1 aliphatic rings. The molecule has 0 aromatic heterocycles. The van der Waals surface area contributed by atoms with Crippen LogP contribution < -0.4 is 15.5 Å². The van der Waals surface area contributed by atoms with E-state index in [1.807, 2.05) is 6.07 Å². The van der Waals surface area contributed by atoms with Crippen molar-refractivity contribution in [3.05, 3.63) is 52.5 Å². The molecule has 0 atom stereocenters. The van der Waals surface area contributed by atoms with Crippen LogP contribution in [0.2, 0.25) is 0 Å². The quantitative estimate of drug-likeness (QED) is 0.855. The van der Waals surface area contributed by atoms with Gasteiger partial charge < -0.3 is 15.5 Å². The Kier molecular flexibility index (Phi) is 3.57. The number of hydrogen-bond acceptors (Lipinski definition) is 3. The first-order valence-corrected chi connectivity index (χ1v) is 7.53. The van der Waals surface area contributed by atoms with Crippen LogP contribution in [0.3, 0.4) is 0 Å². The Balaban J connectivity index is 1.88. The summed E-state index contributed by atoms with van der Waals surface area (Å²) in [5.41, 5.74) is 10.5. The molecule has 0 bridgehead atoms. The standard InChI is InChI=1S/C16H18BrN3/c1-19-8-9-20(16-5-3-2-4-15(16)19)11-12-6-7-14(18)13(17)10-12/h2-7,10H,8-9,11,18H2,1H3. The molecule has 2 N–H and O–H groups in total. The summed E-state index contributed by atoms with van der Waals surface area (Å²) in [6.07, 6.45) is 0. The monoisotopic (exact) mass is 331 g/mol. The lowest BCUT2D eigenvalue weighted by Gasteiger charge is -2.37. The van der Waals surface area contributed by atoms with Gasteiger partial charge in [0.2, 0.25) is 0 Å². The van der Waals surface area contributed by atoms with Gasteiger partial charge in [0.1, 0.15) is 0 Å². The average molecular weight is 332 g/mol. The van der Waals surface area contributed by atoms with Crippen LogP contribution in [0.15, 0.2) is 46.9 Å². The first-order valence-electron chi connectivity index (χ1n) is 6.74. The first kappa shape index (κ1) is 13.3. The van der Waals surface area contributed by atoms with Crippen LogP contribution >= 0.6 is 15.9 Å². The number of nitrogens with zero attached hydrogens (tertiary/aromatic N) is 2. The first-order chi connectivity index (χ1) is 9.65. The Morgan fingerprint density at radius 3 is 2.60 bits per heavy atom. The molecule has 0 saturated heterocycles. The fraction of sp³-hybridized carbons (Fsp3) is 0.250. The van der Waals surface area contributed by atoms with Gasteiger partial charge in [0.15, 0.2) is 0 Å². The largest absolute Gasteiger partial charge is 0.398 e. The van der Waals surface area contributed by atoms with Crippen molar-refractivity contribution in [1.29, 1.82) is 0 Å². The Hall–Kier alpha value is -1.68. The highest BCUT2D eigenvalue weighted by molar-refractivity contribution is 9.10. The Morgan fingerprint density at radius 2 is 1.85 bits per heavy atom. The predicted molar refractivity (Wildman–Crippen MR) is 89.3 cm³/mol. The van der Waals surface area contributed by atoms with Crippen molar-refractivity contribution >= 4 is 33.0 Å². The van der Waals surface area contributed by atoms with Gasteiger partial charge in [0.05, 0.1) is 11.4 Å². The average Bonchev–Trinajstić information content (AvgIpc) is 2.46. The lowest BCUT2D eigenvalue weighted by Crippen LogP contribution is -2.38. The highest BCUT2D eigenvalue weighted by Gasteiger charge is 2.19. The zero-order valence-electron chi connectivity index (χ0n) is 11.5. The van der Waals surface area contributed by atoms with Crippen molar-refractivity contribution in [3.8, 4) is 0 Å². The van der Waals surface area contributed by atoms with Gasteiger partial charge in [-0.2, -0.15) is 0 Å². The molecular weight excluding hydrogens is 314 g/mol. The van der Waals surface area contributed by atoms with Gasteiger partial charge in [-0.25, -0.2) is 0 Å². The molecule has 104 valence electrons. The minimum atomic E-state index is 0.785. The predicted octanol–water partition coefficient (Wildman–Crippen LogP) is 3.49. The van der Waals surface area contributed by atoms with E-state index in [1.54, 1.807) is 0 Å². The van der Waals surface area contributed by atoms with E-state index in [9.17, 15) is 0 Å². The van der Waals surface area contributed by atoms with Gasteiger partial charge in [-0.15, -0.1) is 0 Å². The number of benzene rings is 2. The lowest BCUT2D eigenvalue weighted by molar-refractivity contribution is 0.735. The van der Waals surface area contributed by atoms with E-state index < -0.39 is 0 Å². The number of anilines is 3. The normalized spacial score (nSPS) is 14.3. The zero-order chi connectivity index (χ0) is 14.1. The lowest BCUT2D eigenvalue weighted by atomic mass is 10.1. The summed E-state index contributed by atoms with van der Waals surface area (Å²) in [6.45, 7) is 2.99. The maximum atomic E-state index is 5.85. The summed E-state index contributed by atoms with van der Waals surface area (Å²) in [4.78, 5) is 4.73. The fourth-order valence-electron chi connectivity index (χ4n) is 2.62. The van der Waals surface area contributed by atoms with E-state index in [-0.39, 0.29) is 0 Å². The van der Waals surface area contributed by atoms with Crippen LogP contribution in [0.4, 0.5) is 17.1 Å². The third-order valence-corrected chi connectivity index (χ3v) is 4.46. The summed E-state index contributed by atoms with van der Waals surface area (Å²) < 4.78 is 0.970. The summed E-state index contributed by atoms with van der Waals surface area (Å²) in [5.74, 6) is 0. The molecular formula is C16H18BrN3. The van der Waals surface area contributed by atoms with Crippen LogP contribution in [0, 0.1) is 0 Å². The van der Waals surface area contributed by atoms with Crippen LogP contribution in [0.5, 0.6) is 0 Å². The molecule has 0 fully saturated rings. The molecule has 3 rings (SSSR count). The van der Waals surface area contributed by atoms with Crippen LogP contribution in [0.25, 0.3) is 0 Å². The minimum absolute atomic E-state index is 0.785. The second kappa shape index (κ2) is 5.37. The van der Waals surface area contributed by atoms with E-state index in [4.69, 9.17) is 5.73 Å². The van der Waals surface area contributed by atoms with Crippen LogP contribution in [-0.2, 0) is 6.54 Å². The number of rotatable bonds is 2. The molecule has 0 amide bonds. The molecule has 2 aromatic carbocycles. The fourth-order valence-corrected chi connectivity index (χ4v) is 3.05. The summed E-state index contributed by atoms with van der Waals surface area (Å²) in [7, 11) is 2.15. The zero-order valence-corrected chi connectivity index (χ0v) is 13.1. The van der Waals surface area contributed by atoms with Gasteiger partial charge in [-0.3, -0.25) is 0 Å². The summed E-state index contributed by atoms with van der Waals surface area (Å²) >= 11 is 3.50.